The number of aromatic nitrogens is 1. The molecule has 5 nitrogen and oxygen atoms in total. The van der Waals surface area contributed by atoms with Crippen molar-refractivity contribution in [1.82, 2.24) is 9.99 Å². The number of nitriles is 1. The van der Waals surface area contributed by atoms with E-state index in [9.17, 15) is 4.79 Å². The Morgan fingerprint density at radius 2 is 2.00 bits per heavy atom. The van der Waals surface area contributed by atoms with E-state index in [2.05, 4.69) is 16.6 Å². The van der Waals surface area contributed by atoms with Crippen LogP contribution in [-0.2, 0) is 6.54 Å². The van der Waals surface area contributed by atoms with Gasteiger partial charge in [-0.1, -0.05) is 41.9 Å². The molecule has 1 amide bonds. The van der Waals surface area contributed by atoms with Gasteiger partial charge in [0.2, 0.25) is 0 Å². The Morgan fingerprint density at radius 1 is 1.24 bits per heavy atom. The largest absolute Gasteiger partial charge is 0.346 e. The minimum absolute atomic E-state index is 0.366. The van der Waals surface area contributed by atoms with Crippen LogP contribution < -0.4 is 5.43 Å². The number of rotatable bonds is 5. The van der Waals surface area contributed by atoms with Crippen molar-refractivity contribution in [3.8, 4) is 6.07 Å². The van der Waals surface area contributed by atoms with Crippen LogP contribution in [0.15, 0.2) is 59.8 Å². The molecule has 6 heteroatoms. The maximum absolute atomic E-state index is 12.1. The number of hydrogen-bond donors (Lipinski definition) is 1. The first-order chi connectivity index (χ1) is 12.2. The molecule has 0 bridgehead atoms. The molecule has 0 unspecified atom stereocenters. The lowest BCUT2D eigenvalue weighted by Gasteiger charge is -2.01. The van der Waals surface area contributed by atoms with Crippen LogP contribution in [0.4, 0.5) is 0 Å². The monoisotopic (exact) mass is 350 g/mol. The second kappa shape index (κ2) is 7.65. The number of aryl methyl sites for hydroxylation is 1. The van der Waals surface area contributed by atoms with Crippen LogP contribution in [0.25, 0.3) is 10.9 Å². The molecule has 1 N–H and O–H groups in total. The zero-order valence-electron chi connectivity index (χ0n) is 13.3. The molecule has 0 atom stereocenters. The number of carbonyl (C=O) groups excluding carboxylic acids is 1. The summed E-state index contributed by atoms with van der Waals surface area (Å²) in [6.07, 6.45) is 3.95. The summed E-state index contributed by atoms with van der Waals surface area (Å²) in [4.78, 5) is 12.1. The molecular weight excluding hydrogens is 336 g/mol. The van der Waals surface area contributed by atoms with Gasteiger partial charge in [0.25, 0.3) is 5.91 Å². The Bertz CT molecular complexity index is 984. The molecule has 25 heavy (non-hydrogen) atoms. The fourth-order valence-corrected chi connectivity index (χ4v) is 2.82. The number of amides is 1. The molecule has 0 radical (unpaired) electrons. The van der Waals surface area contributed by atoms with Crippen molar-refractivity contribution >= 4 is 34.6 Å². The van der Waals surface area contributed by atoms with Crippen molar-refractivity contribution in [2.75, 3.05) is 0 Å². The molecule has 0 aliphatic heterocycles. The number of carbonyl (C=O) groups is 1. The second-order valence-corrected chi connectivity index (χ2v) is 5.79. The van der Waals surface area contributed by atoms with Gasteiger partial charge >= 0.3 is 0 Å². The Hall–Kier alpha value is -3.10. The van der Waals surface area contributed by atoms with Crippen molar-refractivity contribution in [3.63, 3.8) is 0 Å². The molecular formula is C19H15ClN4O. The van der Waals surface area contributed by atoms with Gasteiger partial charge in [-0.15, -0.1) is 0 Å². The van der Waals surface area contributed by atoms with E-state index in [-0.39, 0.29) is 5.91 Å². The van der Waals surface area contributed by atoms with E-state index >= 15 is 0 Å². The quantitative estimate of drug-likeness (QED) is 0.558. The van der Waals surface area contributed by atoms with E-state index in [1.807, 2.05) is 35.0 Å². The van der Waals surface area contributed by atoms with Crippen LogP contribution in [0, 0.1) is 11.3 Å². The Morgan fingerprint density at radius 3 is 2.80 bits per heavy atom. The van der Waals surface area contributed by atoms with Gasteiger partial charge in [-0.25, -0.2) is 5.43 Å². The van der Waals surface area contributed by atoms with Crippen molar-refractivity contribution < 1.29 is 4.79 Å². The lowest BCUT2D eigenvalue weighted by atomic mass is 10.2. The second-order valence-electron chi connectivity index (χ2n) is 5.38. The summed E-state index contributed by atoms with van der Waals surface area (Å²) in [5.74, 6) is -0.366. The number of para-hydroxylation sites is 1. The Labute approximate surface area is 150 Å². The minimum atomic E-state index is -0.366. The lowest BCUT2D eigenvalue weighted by Crippen LogP contribution is -2.17. The van der Waals surface area contributed by atoms with Crippen molar-refractivity contribution in [3.05, 3.63) is 70.9 Å². The van der Waals surface area contributed by atoms with Crippen LogP contribution >= 0.6 is 11.6 Å². The molecule has 0 saturated carbocycles. The third-order valence-corrected chi connectivity index (χ3v) is 4.10. The lowest BCUT2D eigenvalue weighted by molar-refractivity contribution is 0.0955. The number of nitrogens with one attached hydrogen (secondary N) is 1. The number of hydrazone groups is 1. The summed E-state index contributed by atoms with van der Waals surface area (Å²) in [6.45, 7) is 0.608. The molecule has 1 aromatic heterocycles. The van der Waals surface area contributed by atoms with Crippen LogP contribution in [0.1, 0.15) is 22.3 Å². The highest BCUT2D eigenvalue weighted by molar-refractivity contribution is 6.33. The first-order valence-electron chi connectivity index (χ1n) is 7.73. The normalized spacial score (nSPS) is 10.9. The van der Waals surface area contributed by atoms with E-state index in [1.165, 1.54) is 0 Å². The fraction of sp³-hybridized carbons (Fsp3) is 0.105. The number of hydrogen-bond acceptors (Lipinski definition) is 3. The number of benzene rings is 2. The highest BCUT2D eigenvalue weighted by Gasteiger charge is 2.09. The summed E-state index contributed by atoms with van der Waals surface area (Å²) in [6, 6.07) is 16.8. The minimum Gasteiger partial charge on any atom is -0.346 e. The summed E-state index contributed by atoms with van der Waals surface area (Å²) in [7, 11) is 0. The molecule has 3 aromatic rings. The van der Waals surface area contributed by atoms with E-state index in [0.717, 1.165) is 16.5 Å². The zero-order chi connectivity index (χ0) is 17.6. The molecule has 2 aromatic carbocycles. The summed E-state index contributed by atoms with van der Waals surface area (Å²) in [5, 5.41) is 14.2. The van der Waals surface area contributed by atoms with Gasteiger partial charge in [0.05, 0.1) is 29.3 Å². The third kappa shape index (κ3) is 3.70. The summed E-state index contributed by atoms with van der Waals surface area (Å²) >= 11 is 6.00. The molecule has 0 saturated heterocycles. The number of halogens is 1. The van der Waals surface area contributed by atoms with E-state index < -0.39 is 0 Å². The fourth-order valence-electron chi connectivity index (χ4n) is 2.60. The third-order valence-electron chi connectivity index (χ3n) is 3.77. The van der Waals surface area contributed by atoms with Crippen molar-refractivity contribution in [1.29, 1.82) is 5.26 Å². The van der Waals surface area contributed by atoms with Gasteiger partial charge in [-0.05, 0) is 18.2 Å². The van der Waals surface area contributed by atoms with Crippen LogP contribution in [0.5, 0.6) is 0 Å². The molecule has 0 aliphatic rings. The molecule has 0 fully saturated rings. The molecule has 1 heterocycles. The highest BCUT2D eigenvalue weighted by Crippen LogP contribution is 2.20. The van der Waals surface area contributed by atoms with E-state index in [0.29, 0.717) is 23.6 Å². The first-order valence-corrected chi connectivity index (χ1v) is 8.11. The Kier molecular flexibility index (Phi) is 5.12. The summed E-state index contributed by atoms with van der Waals surface area (Å²) in [5.41, 5.74) is 4.76. The zero-order valence-corrected chi connectivity index (χ0v) is 14.1. The van der Waals surface area contributed by atoms with Crippen LogP contribution in [-0.4, -0.2) is 16.7 Å². The Balaban J connectivity index is 1.81. The molecule has 3 rings (SSSR count). The standard InChI is InChI=1S/C19H15ClN4O/c20-17-8-3-1-7-16(17)19(25)23-22-12-14-13-24(11-5-10-21)18-9-4-2-6-15(14)18/h1-4,6-9,12-13H,5,11H2,(H,23,25)/b22-12-. The van der Waals surface area contributed by atoms with E-state index in [1.54, 1.807) is 30.5 Å². The average Bonchev–Trinajstić information content (AvgIpc) is 2.98. The van der Waals surface area contributed by atoms with Gasteiger partial charge in [-0.2, -0.15) is 10.4 Å². The van der Waals surface area contributed by atoms with Crippen molar-refractivity contribution in [2.24, 2.45) is 5.10 Å². The predicted octanol–water partition coefficient (Wildman–Crippen LogP) is 3.97. The molecule has 0 aliphatic carbocycles. The maximum Gasteiger partial charge on any atom is 0.272 e. The maximum atomic E-state index is 12.1. The highest BCUT2D eigenvalue weighted by atomic mass is 35.5. The SMILES string of the molecule is N#CCCn1cc(/C=N\NC(=O)c2ccccc2Cl)c2ccccc21. The number of fused-ring (bicyclic) bond motifs is 1. The van der Waals surface area contributed by atoms with Crippen LogP contribution in [0.3, 0.4) is 0 Å². The van der Waals surface area contributed by atoms with E-state index in [4.69, 9.17) is 16.9 Å². The smallest absolute Gasteiger partial charge is 0.272 e. The number of nitrogens with zero attached hydrogens (tertiary/aromatic N) is 3. The van der Waals surface area contributed by atoms with Crippen molar-refractivity contribution in [2.45, 2.75) is 13.0 Å². The topological polar surface area (TPSA) is 70.2 Å². The summed E-state index contributed by atoms with van der Waals surface area (Å²) < 4.78 is 2.01. The average molecular weight is 351 g/mol. The molecule has 124 valence electrons. The predicted molar refractivity (Wildman–Crippen MR) is 98.7 cm³/mol. The van der Waals surface area contributed by atoms with Gasteiger partial charge in [0, 0.05) is 29.2 Å². The van der Waals surface area contributed by atoms with Gasteiger partial charge in [0.15, 0.2) is 0 Å². The van der Waals surface area contributed by atoms with Crippen LogP contribution in [0.2, 0.25) is 5.02 Å². The van der Waals surface area contributed by atoms with Gasteiger partial charge < -0.3 is 4.57 Å². The molecule has 0 spiro atoms. The first kappa shape index (κ1) is 16.7. The van der Waals surface area contributed by atoms with Gasteiger partial charge in [0.1, 0.15) is 0 Å². The van der Waals surface area contributed by atoms with Gasteiger partial charge in [-0.3, -0.25) is 4.79 Å².